The summed E-state index contributed by atoms with van der Waals surface area (Å²) in [5.74, 6) is -0.615. The van der Waals surface area contributed by atoms with Gasteiger partial charge in [0.15, 0.2) is 0 Å². The third-order valence-electron chi connectivity index (χ3n) is 2.16. The fourth-order valence-electron chi connectivity index (χ4n) is 1.47. The molecular weight excluding hydrogens is 240 g/mol. The number of hydrogen-bond donors (Lipinski definition) is 1. The van der Waals surface area contributed by atoms with E-state index in [-0.39, 0.29) is 4.90 Å². The quantitative estimate of drug-likeness (QED) is 0.864. The molecule has 0 fully saturated rings. The average molecular weight is 250 g/mol. The number of nitrogens with zero attached hydrogens (tertiary/aromatic N) is 1. The molecule has 17 heavy (non-hydrogen) atoms. The third-order valence-corrected chi connectivity index (χ3v) is 3.59. The molecule has 2 rings (SSSR count). The number of pyridine rings is 1. The molecule has 1 aromatic carbocycles. The summed E-state index contributed by atoms with van der Waals surface area (Å²) in [6.07, 6.45) is 1.63. The number of carbonyl (C=O) groups is 1. The first kappa shape index (κ1) is 11.5. The molecule has 0 saturated carbocycles. The maximum absolute atomic E-state index is 11.7. The lowest BCUT2D eigenvalue weighted by Gasteiger charge is -2.05. The highest BCUT2D eigenvalue weighted by molar-refractivity contribution is 7.90. The van der Waals surface area contributed by atoms with Crippen LogP contribution in [0.5, 0.6) is 0 Å². The average Bonchev–Trinajstić information content (AvgIpc) is 2.26. The van der Waals surface area contributed by atoms with Crippen LogP contribution in [0.3, 0.4) is 0 Å². The standard InChI is InChI=1S/C11H10N2O3S/c1-8(14)13-17(15,16)10-4-5-11-9(7-10)3-2-6-12-11/h2-7H,1H3,(H,13,14). The van der Waals surface area contributed by atoms with Gasteiger partial charge < -0.3 is 0 Å². The van der Waals surface area contributed by atoms with E-state index in [2.05, 4.69) is 4.98 Å². The van der Waals surface area contributed by atoms with Gasteiger partial charge in [-0.25, -0.2) is 13.1 Å². The topological polar surface area (TPSA) is 76.1 Å². The molecule has 0 radical (unpaired) electrons. The van der Waals surface area contributed by atoms with Gasteiger partial charge in [-0.15, -0.1) is 0 Å². The highest BCUT2D eigenvalue weighted by Gasteiger charge is 2.15. The van der Waals surface area contributed by atoms with Crippen molar-refractivity contribution >= 4 is 26.8 Å². The van der Waals surface area contributed by atoms with E-state index in [4.69, 9.17) is 0 Å². The normalized spacial score (nSPS) is 11.4. The number of sulfonamides is 1. The molecule has 5 nitrogen and oxygen atoms in total. The predicted molar refractivity (Wildman–Crippen MR) is 62.7 cm³/mol. The molecule has 2 aromatic rings. The van der Waals surface area contributed by atoms with Crippen LogP contribution in [0.1, 0.15) is 6.92 Å². The van der Waals surface area contributed by atoms with Gasteiger partial charge in [-0.1, -0.05) is 6.07 Å². The van der Waals surface area contributed by atoms with Crippen LogP contribution in [-0.2, 0) is 14.8 Å². The minimum Gasteiger partial charge on any atom is -0.274 e. The molecule has 0 unspecified atom stereocenters. The molecule has 88 valence electrons. The van der Waals surface area contributed by atoms with Gasteiger partial charge in [-0.3, -0.25) is 9.78 Å². The Kier molecular flexibility index (Phi) is 2.81. The summed E-state index contributed by atoms with van der Waals surface area (Å²) in [6, 6.07) is 7.98. The molecule has 0 bridgehead atoms. The maximum atomic E-state index is 11.7. The van der Waals surface area contributed by atoms with E-state index in [0.717, 1.165) is 6.92 Å². The van der Waals surface area contributed by atoms with E-state index < -0.39 is 15.9 Å². The summed E-state index contributed by atoms with van der Waals surface area (Å²) in [5.41, 5.74) is 0.703. The molecule has 0 aliphatic carbocycles. The van der Waals surface area contributed by atoms with E-state index in [1.54, 1.807) is 24.4 Å². The Morgan fingerprint density at radius 2 is 2.06 bits per heavy atom. The molecule has 1 amide bonds. The number of fused-ring (bicyclic) bond motifs is 1. The van der Waals surface area contributed by atoms with Crippen molar-refractivity contribution in [2.75, 3.05) is 0 Å². The van der Waals surface area contributed by atoms with Crippen molar-refractivity contribution in [1.82, 2.24) is 9.71 Å². The lowest BCUT2D eigenvalue weighted by atomic mass is 10.2. The van der Waals surface area contributed by atoms with Gasteiger partial charge >= 0.3 is 0 Å². The predicted octanol–water partition coefficient (Wildman–Crippen LogP) is 1.06. The highest BCUT2D eigenvalue weighted by atomic mass is 32.2. The molecule has 0 aliphatic heterocycles. The molecular formula is C11H10N2O3S. The molecule has 0 spiro atoms. The maximum Gasteiger partial charge on any atom is 0.264 e. The molecule has 1 aromatic heterocycles. The third kappa shape index (κ3) is 2.42. The van der Waals surface area contributed by atoms with Crippen molar-refractivity contribution in [2.24, 2.45) is 0 Å². The monoisotopic (exact) mass is 250 g/mol. The SMILES string of the molecule is CC(=O)NS(=O)(=O)c1ccc2ncccc2c1. The van der Waals surface area contributed by atoms with Crippen molar-refractivity contribution in [3.8, 4) is 0 Å². The summed E-state index contributed by atoms with van der Waals surface area (Å²) in [6.45, 7) is 1.15. The van der Waals surface area contributed by atoms with Gasteiger partial charge in [0, 0.05) is 18.5 Å². The number of carbonyl (C=O) groups excluding carboxylic acids is 1. The van der Waals surface area contributed by atoms with Crippen molar-refractivity contribution in [3.05, 3.63) is 36.5 Å². The van der Waals surface area contributed by atoms with Crippen LogP contribution in [-0.4, -0.2) is 19.3 Å². The zero-order valence-corrected chi connectivity index (χ0v) is 9.86. The Morgan fingerprint density at radius 1 is 1.29 bits per heavy atom. The van der Waals surface area contributed by atoms with E-state index >= 15 is 0 Å². The van der Waals surface area contributed by atoms with Gasteiger partial charge in [-0.05, 0) is 24.3 Å². The minimum atomic E-state index is -3.78. The molecule has 0 atom stereocenters. The van der Waals surface area contributed by atoms with Crippen LogP contribution in [0.25, 0.3) is 10.9 Å². The summed E-state index contributed by atoms with van der Waals surface area (Å²) >= 11 is 0. The van der Waals surface area contributed by atoms with Crippen LogP contribution >= 0.6 is 0 Å². The lowest BCUT2D eigenvalue weighted by molar-refractivity contribution is -0.117. The lowest BCUT2D eigenvalue weighted by Crippen LogP contribution is -2.28. The first-order valence-electron chi connectivity index (χ1n) is 4.87. The number of benzene rings is 1. The van der Waals surface area contributed by atoms with Crippen LogP contribution in [0.15, 0.2) is 41.4 Å². The van der Waals surface area contributed by atoms with Crippen LogP contribution < -0.4 is 4.72 Å². The second-order valence-corrected chi connectivity index (χ2v) is 5.20. The summed E-state index contributed by atoms with van der Waals surface area (Å²) in [7, 11) is -3.78. The zero-order chi connectivity index (χ0) is 12.5. The van der Waals surface area contributed by atoms with Crippen molar-refractivity contribution < 1.29 is 13.2 Å². The molecule has 6 heteroatoms. The van der Waals surface area contributed by atoms with Crippen LogP contribution in [0.2, 0.25) is 0 Å². The van der Waals surface area contributed by atoms with Crippen LogP contribution in [0, 0.1) is 0 Å². The Balaban J connectivity index is 2.53. The second-order valence-electron chi connectivity index (χ2n) is 3.52. The summed E-state index contributed by atoms with van der Waals surface area (Å²) < 4.78 is 25.4. The summed E-state index contributed by atoms with van der Waals surface area (Å²) in [4.78, 5) is 14.9. The van der Waals surface area contributed by atoms with Crippen molar-refractivity contribution in [2.45, 2.75) is 11.8 Å². The van der Waals surface area contributed by atoms with Crippen molar-refractivity contribution in [3.63, 3.8) is 0 Å². The van der Waals surface area contributed by atoms with E-state index in [1.165, 1.54) is 12.1 Å². The smallest absolute Gasteiger partial charge is 0.264 e. The number of nitrogens with one attached hydrogen (secondary N) is 1. The van der Waals surface area contributed by atoms with Gasteiger partial charge in [0.2, 0.25) is 5.91 Å². The molecule has 0 aliphatic rings. The van der Waals surface area contributed by atoms with Crippen LogP contribution in [0.4, 0.5) is 0 Å². The van der Waals surface area contributed by atoms with E-state index in [0.29, 0.717) is 10.9 Å². The van der Waals surface area contributed by atoms with Gasteiger partial charge in [0.05, 0.1) is 10.4 Å². The van der Waals surface area contributed by atoms with Gasteiger partial charge in [-0.2, -0.15) is 0 Å². The Morgan fingerprint density at radius 3 is 2.76 bits per heavy atom. The summed E-state index contributed by atoms with van der Waals surface area (Å²) in [5, 5.41) is 0.707. The fourth-order valence-corrected chi connectivity index (χ4v) is 2.49. The van der Waals surface area contributed by atoms with E-state index in [1.807, 2.05) is 4.72 Å². The first-order valence-corrected chi connectivity index (χ1v) is 6.35. The fraction of sp³-hybridized carbons (Fsp3) is 0.0909. The molecule has 1 heterocycles. The number of amides is 1. The minimum absolute atomic E-state index is 0.0493. The van der Waals surface area contributed by atoms with Gasteiger partial charge in [0.25, 0.3) is 10.0 Å². The van der Waals surface area contributed by atoms with Gasteiger partial charge in [0.1, 0.15) is 0 Å². The zero-order valence-electron chi connectivity index (χ0n) is 9.04. The molecule has 1 N–H and O–H groups in total. The first-order chi connectivity index (χ1) is 7.99. The number of rotatable bonds is 2. The van der Waals surface area contributed by atoms with Crippen molar-refractivity contribution in [1.29, 1.82) is 0 Å². The number of hydrogen-bond acceptors (Lipinski definition) is 4. The second kappa shape index (κ2) is 4.14. The Labute approximate surface area is 98.5 Å². The number of aromatic nitrogens is 1. The Hall–Kier alpha value is -1.95. The Bertz CT molecular complexity index is 680. The largest absolute Gasteiger partial charge is 0.274 e. The highest BCUT2D eigenvalue weighted by Crippen LogP contribution is 2.16. The van der Waals surface area contributed by atoms with E-state index in [9.17, 15) is 13.2 Å². The molecule has 0 saturated heterocycles.